The van der Waals surface area contributed by atoms with Crippen molar-refractivity contribution < 1.29 is 23.6 Å². The normalized spacial score (nSPS) is 14.2. The van der Waals surface area contributed by atoms with Crippen molar-refractivity contribution in [1.29, 1.82) is 0 Å². The topological polar surface area (TPSA) is 121 Å². The van der Waals surface area contributed by atoms with Crippen LogP contribution in [0.5, 0.6) is 5.75 Å². The maximum absolute atomic E-state index is 12.9. The van der Waals surface area contributed by atoms with Crippen LogP contribution in [0.1, 0.15) is 45.0 Å². The smallest absolute Gasteiger partial charge is 0.408 e. The van der Waals surface area contributed by atoms with E-state index in [0.717, 1.165) is 22.2 Å². The number of halogens is 1. The molecule has 1 fully saturated rings. The Kier molecular flexibility index (Phi) is 6.76. The molecule has 10 nitrogen and oxygen atoms in total. The zero-order chi connectivity index (χ0) is 27.9. The molecule has 0 atom stereocenters. The summed E-state index contributed by atoms with van der Waals surface area (Å²) < 4.78 is 18.1. The zero-order valence-electron chi connectivity index (χ0n) is 22.4. The molecule has 2 heterocycles. The van der Waals surface area contributed by atoms with Gasteiger partial charge in [0.05, 0.1) is 17.6 Å². The number of carbonyl (C=O) groups is 2. The highest BCUT2D eigenvalue weighted by Crippen LogP contribution is 2.40. The number of nitrogens with one attached hydrogen (secondary N) is 2. The maximum Gasteiger partial charge on any atom is 0.408 e. The van der Waals surface area contributed by atoms with Crippen LogP contribution < -0.4 is 15.4 Å². The monoisotopic (exact) mass is 551 g/mol. The second-order valence-electron chi connectivity index (χ2n) is 10.6. The van der Waals surface area contributed by atoms with Crippen molar-refractivity contribution in [3.8, 4) is 23.0 Å². The van der Waals surface area contributed by atoms with Crippen molar-refractivity contribution in [3.63, 3.8) is 0 Å². The Morgan fingerprint density at radius 3 is 2.46 bits per heavy atom. The van der Waals surface area contributed by atoms with E-state index in [-0.39, 0.29) is 5.91 Å². The van der Waals surface area contributed by atoms with Crippen LogP contribution in [0, 0.1) is 6.92 Å². The summed E-state index contributed by atoms with van der Waals surface area (Å²) >= 11 is 6.83. The maximum atomic E-state index is 12.9. The van der Waals surface area contributed by atoms with Gasteiger partial charge in [0.15, 0.2) is 5.82 Å². The summed E-state index contributed by atoms with van der Waals surface area (Å²) in [6, 6.07) is 13.4. The summed E-state index contributed by atoms with van der Waals surface area (Å²) in [5.41, 5.74) is 1.58. The lowest BCUT2D eigenvalue weighted by atomic mass is 10.1. The number of rotatable bonds is 7. The van der Waals surface area contributed by atoms with Crippen LogP contribution in [0.15, 0.2) is 47.0 Å². The number of ether oxygens (including phenoxy) is 2. The number of hydrogen-bond donors (Lipinski definition) is 2. The molecule has 0 unspecified atom stereocenters. The van der Waals surface area contributed by atoms with Crippen molar-refractivity contribution >= 4 is 34.5 Å². The minimum atomic E-state index is -0.915. The van der Waals surface area contributed by atoms with Gasteiger partial charge in [0, 0.05) is 17.6 Å². The summed E-state index contributed by atoms with van der Waals surface area (Å²) in [7, 11) is 1.60. The number of amides is 2. The fraction of sp³-hybridized carbons (Fsp3) is 0.357. The van der Waals surface area contributed by atoms with Crippen molar-refractivity contribution in [1.82, 2.24) is 25.3 Å². The molecule has 204 valence electrons. The number of fused-ring (bicyclic) bond motifs is 1. The van der Waals surface area contributed by atoms with Crippen LogP contribution in [0.2, 0.25) is 5.02 Å². The quantitative estimate of drug-likeness (QED) is 0.319. The van der Waals surface area contributed by atoms with Crippen LogP contribution in [0.25, 0.3) is 28.2 Å². The first kappa shape index (κ1) is 26.6. The Hall–Kier alpha value is -4.05. The van der Waals surface area contributed by atoms with Crippen LogP contribution >= 0.6 is 11.6 Å². The summed E-state index contributed by atoms with van der Waals surface area (Å²) in [6.45, 7) is 7.39. The summed E-state index contributed by atoms with van der Waals surface area (Å²) in [5.74, 6) is 1.24. The number of hydrogen-bond acceptors (Lipinski definition) is 7. The first-order valence-corrected chi connectivity index (χ1v) is 12.9. The molecule has 4 aromatic rings. The van der Waals surface area contributed by atoms with E-state index in [1.165, 1.54) is 0 Å². The molecule has 39 heavy (non-hydrogen) atoms. The number of nitrogens with zero attached hydrogens (tertiary/aromatic N) is 3. The van der Waals surface area contributed by atoms with Crippen LogP contribution in [-0.4, -0.2) is 45.0 Å². The number of benzene rings is 2. The van der Waals surface area contributed by atoms with E-state index >= 15 is 0 Å². The Bertz CT molecular complexity index is 1550. The van der Waals surface area contributed by atoms with Gasteiger partial charge in [0.25, 0.3) is 5.89 Å². The molecule has 0 bridgehead atoms. The van der Waals surface area contributed by atoms with Gasteiger partial charge in [0.1, 0.15) is 22.6 Å². The molecule has 0 spiro atoms. The number of carbonyl (C=O) groups excluding carboxylic acids is 2. The first-order valence-electron chi connectivity index (χ1n) is 12.6. The predicted molar refractivity (Wildman–Crippen MR) is 146 cm³/mol. The molecular formula is C28H30ClN5O5. The summed E-state index contributed by atoms with van der Waals surface area (Å²) in [6.07, 6.45) is 0.546. The minimum Gasteiger partial charge on any atom is -0.497 e. The van der Waals surface area contributed by atoms with Gasteiger partial charge >= 0.3 is 6.09 Å². The number of aromatic nitrogens is 3. The lowest BCUT2D eigenvalue weighted by molar-refractivity contribution is -0.124. The molecular weight excluding hydrogens is 522 g/mol. The molecule has 0 saturated heterocycles. The van der Waals surface area contributed by atoms with E-state index in [1.54, 1.807) is 34.8 Å². The zero-order valence-corrected chi connectivity index (χ0v) is 23.2. The molecule has 2 N–H and O–H groups in total. The van der Waals surface area contributed by atoms with E-state index in [1.807, 2.05) is 47.0 Å². The second kappa shape index (κ2) is 9.92. The van der Waals surface area contributed by atoms with Crippen molar-refractivity contribution in [2.75, 3.05) is 7.11 Å². The molecule has 5 rings (SSSR count). The molecule has 2 amide bonds. The highest BCUT2D eigenvalue weighted by Gasteiger charge is 2.51. The average molecular weight is 552 g/mol. The molecule has 0 radical (unpaired) electrons. The van der Waals surface area contributed by atoms with Crippen LogP contribution in [0.4, 0.5) is 4.79 Å². The van der Waals surface area contributed by atoms with Crippen LogP contribution in [-0.2, 0) is 16.1 Å². The van der Waals surface area contributed by atoms with Gasteiger partial charge in [-0.1, -0.05) is 28.9 Å². The molecule has 1 aliphatic rings. The number of aryl methyl sites for hydroxylation is 1. The molecule has 11 heteroatoms. The molecule has 0 aliphatic heterocycles. The number of alkyl carbamates (subject to hydrolysis) is 1. The third-order valence-corrected chi connectivity index (χ3v) is 6.80. The SMILES string of the molecule is COc1ccc2c(c1)c(Cl)c(-c1nc(C)no1)n2-c1ccc(CNC(=O)C2(NC(=O)OC(C)(C)C)CC2)cc1. The minimum absolute atomic E-state index is 0.233. The third kappa shape index (κ3) is 5.42. The molecule has 1 aliphatic carbocycles. The van der Waals surface area contributed by atoms with E-state index in [0.29, 0.717) is 47.6 Å². The van der Waals surface area contributed by atoms with Crippen molar-refractivity contribution in [3.05, 3.63) is 58.9 Å². The van der Waals surface area contributed by atoms with Gasteiger partial charge in [-0.2, -0.15) is 4.98 Å². The van der Waals surface area contributed by atoms with Gasteiger partial charge in [-0.05, 0) is 76.4 Å². The second-order valence-corrected chi connectivity index (χ2v) is 11.0. The third-order valence-electron chi connectivity index (χ3n) is 6.42. The van der Waals surface area contributed by atoms with Gasteiger partial charge in [-0.3, -0.25) is 4.79 Å². The van der Waals surface area contributed by atoms with Gasteiger partial charge in [-0.25, -0.2) is 4.79 Å². The van der Waals surface area contributed by atoms with Crippen molar-refractivity contribution in [2.24, 2.45) is 0 Å². The number of methoxy groups -OCH3 is 1. The highest BCUT2D eigenvalue weighted by atomic mass is 35.5. The molecule has 2 aromatic carbocycles. The predicted octanol–water partition coefficient (Wildman–Crippen LogP) is 5.32. The van der Waals surface area contributed by atoms with Gasteiger partial charge in [0.2, 0.25) is 5.91 Å². The Labute approximate surface area is 230 Å². The lowest BCUT2D eigenvalue weighted by Gasteiger charge is -2.23. The van der Waals surface area contributed by atoms with Crippen molar-refractivity contribution in [2.45, 2.75) is 58.2 Å². The summed E-state index contributed by atoms with van der Waals surface area (Å²) in [4.78, 5) is 29.4. The summed E-state index contributed by atoms with van der Waals surface area (Å²) in [5, 5.41) is 10.8. The Balaban J connectivity index is 1.37. The average Bonchev–Trinajstić information content (AvgIpc) is 3.45. The molecule has 1 saturated carbocycles. The lowest BCUT2D eigenvalue weighted by Crippen LogP contribution is -2.50. The molecule has 2 aromatic heterocycles. The van der Waals surface area contributed by atoms with E-state index in [2.05, 4.69) is 20.8 Å². The van der Waals surface area contributed by atoms with E-state index in [4.69, 9.17) is 25.6 Å². The Morgan fingerprint density at radius 1 is 1.15 bits per heavy atom. The van der Waals surface area contributed by atoms with Gasteiger partial charge in [-0.15, -0.1) is 0 Å². The largest absolute Gasteiger partial charge is 0.497 e. The van der Waals surface area contributed by atoms with E-state index in [9.17, 15) is 9.59 Å². The fourth-order valence-corrected chi connectivity index (χ4v) is 4.67. The van der Waals surface area contributed by atoms with E-state index < -0.39 is 17.2 Å². The van der Waals surface area contributed by atoms with Gasteiger partial charge < -0.3 is 29.2 Å². The highest BCUT2D eigenvalue weighted by molar-refractivity contribution is 6.38. The Morgan fingerprint density at radius 2 is 1.87 bits per heavy atom. The first-order chi connectivity index (χ1) is 18.5. The van der Waals surface area contributed by atoms with Crippen LogP contribution in [0.3, 0.4) is 0 Å². The standard InChI is InChI=1S/C28H30ClN5O5/c1-16-31-24(39-33-16)23-22(29)20-14-19(37-5)10-11-21(20)34(23)18-8-6-17(7-9-18)15-30-25(35)28(12-13-28)32-26(36)38-27(2,3)4/h6-11,14H,12-13,15H2,1-5H3,(H,30,35)(H,32,36). The fourth-order valence-electron chi connectivity index (χ4n) is 4.36.